The van der Waals surface area contributed by atoms with Crippen molar-refractivity contribution < 1.29 is 4.42 Å². The molecule has 1 aliphatic rings. The molecule has 3 nitrogen and oxygen atoms in total. The molecule has 0 radical (unpaired) electrons. The Labute approximate surface area is 111 Å². The van der Waals surface area contributed by atoms with Crippen LogP contribution in [0.5, 0.6) is 0 Å². The van der Waals surface area contributed by atoms with E-state index in [9.17, 15) is 0 Å². The van der Waals surface area contributed by atoms with Crippen LogP contribution in [-0.4, -0.2) is 30.6 Å². The third-order valence-corrected chi connectivity index (χ3v) is 4.06. The molecule has 2 atom stereocenters. The summed E-state index contributed by atoms with van der Waals surface area (Å²) in [5.41, 5.74) is 1.24. The van der Waals surface area contributed by atoms with E-state index in [2.05, 4.69) is 24.1 Å². The van der Waals surface area contributed by atoms with Gasteiger partial charge in [0.05, 0.1) is 12.5 Å². The van der Waals surface area contributed by atoms with Gasteiger partial charge < -0.3 is 14.6 Å². The van der Waals surface area contributed by atoms with E-state index in [4.69, 9.17) is 4.42 Å². The van der Waals surface area contributed by atoms with E-state index in [1.165, 1.54) is 44.3 Å². The number of rotatable bonds is 6. The van der Waals surface area contributed by atoms with Gasteiger partial charge in [-0.3, -0.25) is 0 Å². The molecule has 1 aromatic heterocycles. The van der Waals surface area contributed by atoms with E-state index in [-0.39, 0.29) is 0 Å². The summed E-state index contributed by atoms with van der Waals surface area (Å²) in [6.45, 7) is 8.15. The minimum Gasteiger partial charge on any atom is -0.472 e. The first kappa shape index (κ1) is 13.6. The van der Waals surface area contributed by atoms with E-state index in [1.54, 1.807) is 6.26 Å². The third kappa shape index (κ3) is 3.85. The monoisotopic (exact) mass is 250 g/mol. The molecule has 1 aliphatic heterocycles. The zero-order valence-electron chi connectivity index (χ0n) is 11.7. The number of likely N-dealkylation sites (tertiary alicyclic amines) is 1. The summed E-state index contributed by atoms with van der Waals surface area (Å²) in [5.74, 6) is 0. The second-order valence-electron chi connectivity index (χ2n) is 5.47. The lowest BCUT2D eigenvalue weighted by atomic mass is 10.0. The normalized spacial score (nSPS) is 23.1. The standard InChI is InChI=1S/C15H26N2O/c1-13-6-3-4-9-17(13)10-5-8-16-14(2)15-7-11-18-12-15/h7,11-14,16H,3-6,8-10H2,1-2H3. The van der Waals surface area contributed by atoms with Crippen LogP contribution in [0.2, 0.25) is 0 Å². The molecule has 2 unspecified atom stereocenters. The second kappa shape index (κ2) is 6.95. The molecule has 0 bridgehead atoms. The van der Waals surface area contributed by atoms with E-state index in [0.717, 1.165) is 12.6 Å². The van der Waals surface area contributed by atoms with Crippen LogP contribution < -0.4 is 5.32 Å². The van der Waals surface area contributed by atoms with Crippen LogP contribution in [-0.2, 0) is 0 Å². The first-order valence-corrected chi connectivity index (χ1v) is 7.27. The average Bonchev–Trinajstić information content (AvgIpc) is 2.90. The van der Waals surface area contributed by atoms with Crippen molar-refractivity contribution >= 4 is 0 Å². The predicted molar refractivity (Wildman–Crippen MR) is 74.6 cm³/mol. The van der Waals surface area contributed by atoms with Crippen molar-refractivity contribution in [2.24, 2.45) is 0 Å². The van der Waals surface area contributed by atoms with Gasteiger partial charge in [0.15, 0.2) is 0 Å². The first-order valence-electron chi connectivity index (χ1n) is 7.27. The molecule has 1 saturated heterocycles. The molecule has 0 spiro atoms. The van der Waals surface area contributed by atoms with Crippen LogP contribution in [0.15, 0.2) is 23.0 Å². The molecule has 0 aliphatic carbocycles. The van der Waals surface area contributed by atoms with Crippen LogP contribution in [0.1, 0.15) is 51.1 Å². The average molecular weight is 250 g/mol. The van der Waals surface area contributed by atoms with Crippen molar-refractivity contribution in [3.05, 3.63) is 24.2 Å². The molecule has 0 amide bonds. The zero-order chi connectivity index (χ0) is 12.8. The van der Waals surface area contributed by atoms with Gasteiger partial charge in [-0.15, -0.1) is 0 Å². The molecular formula is C15H26N2O. The number of hydrogen-bond donors (Lipinski definition) is 1. The molecule has 18 heavy (non-hydrogen) atoms. The Morgan fingerprint density at radius 2 is 2.39 bits per heavy atom. The van der Waals surface area contributed by atoms with E-state index < -0.39 is 0 Å². The van der Waals surface area contributed by atoms with Crippen molar-refractivity contribution in [1.82, 2.24) is 10.2 Å². The highest BCUT2D eigenvalue weighted by Crippen LogP contribution is 2.16. The maximum atomic E-state index is 5.10. The number of nitrogens with zero attached hydrogens (tertiary/aromatic N) is 1. The molecule has 1 fully saturated rings. The number of piperidine rings is 1. The molecule has 0 saturated carbocycles. The molecule has 3 heteroatoms. The molecule has 1 aromatic rings. The fourth-order valence-electron chi connectivity index (χ4n) is 2.73. The largest absolute Gasteiger partial charge is 0.472 e. The van der Waals surface area contributed by atoms with Crippen LogP contribution >= 0.6 is 0 Å². The van der Waals surface area contributed by atoms with Gasteiger partial charge in [0, 0.05) is 17.6 Å². The van der Waals surface area contributed by atoms with Gasteiger partial charge in [-0.05, 0) is 58.8 Å². The molecular weight excluding hydrogens is 224 g/mol. The quantitative estimate of drug-likeness (QED) is 0.786. The molecule has 2 heterocycles. The summed E-state index contributed by atoms with van der Waals surface area (Å²) >= 11 is 0. The Kier molecular flexibility index (Phi) is 5.26. The van der Waals surface area contributed by atoms with Gasteiger partial charge in [0.25, 0.3) is 0 Å². The van der Waals surface area contributed by atoms with Crippen molar-refractivity contribution in [3.63, 3.8) is 0 Å². The van der Waals surface area contributed by atoms with E-state index in [1.807, 2.05) is 12.3 Å². The van der Waals surface area contributed by atoms with Gasteiger partial charge in [-0.25, -0.2) is 0 Å². The highest BCUT2D eigenvalue weighted by Gasteiger charge is 2.17. The summed E-state index contributed by atoms with van der Waals surface area (Å²) in [6.07, 6.45) is 8.95. The highest BCUT2D eigenvalue weighted by molar-refractivity contribution is 5.09. The van der Waals surface area contributed by atoms with Gasteiger partial charge in [-0.1, -0.05) is 6.42 Å². The Bertz CT molecular complexity index is 323. The molecule has 0 aromatic carbocycles. The van der Waals surface area contributed by atoms with Gasteiger partial charge >= 0.3 is 0 Å². The summed E-state index contributed by atoms with van der Waals surface area (Å²) in [5, 5.41) is 3.55. The Hall–Kier alpha value is -0.800. The maximum Gasteiger partial charge on any atom is 0.0950 e. The topological polar surface area (TPSA) is 28.4 Å². The van der Waals surface area contributed by atoms with Crippen molar-refractivity contribution in [2.75, 3.05) is 19.6 Å². The molecule has 2 rings (SSSR count). The molecule has 1 N–H and O–H groups in total. The van der Waals surface area contributed by atoms with Gasteiger partial charge in [-0.2, -0.15) is 0 Å². The Morgan fingerprint density at radius 1 is 1.50 bits per heavy atom. The van der Waals surface area contributed by atoms with Gasteiger partial charge in [0.2, 0.25) is 0 Å². The number of nitrogens with one attached hydrogen (secondary N) is 1. The zero-order valence-corrected chi connectivity index (χ0v) is 11.7. The fraction of sp³-hybridized carbons (Fsp3) is 0.733. The number of hydrogen-bond acceptors (Lipinski definition) is 3. The van der Waals surface area contributed by atoms with Crippen LogP contribution in [0.3, 0.4) is 0 Å². The van der Waals surface area contributed by atoms with E-state index in [0.29, 0.717) is 6.04 Å². The second-order valence-corrected chi connectivity index (χ2v) is 5.47. The Morgan fingerprint density at radius 3 is 3.11 bits per heavy atom. The summed E-state index contributed by atoms with van der Waals surface area (Å²) in [4.78, 5) is 2.63. The first-order chi connectivity index (χ1) is 8.77. The fourth-order valence-corrected chi connectivity index (χ4v) is 2.73. The smallest absolute Gasteiger partial charge is 0.0950 e. The third-order valence-electron chi connectivity index (χ3n) is 4.06. The minimum atomic E-state index is 0.391. The molecule has 102 valence electrons. The Balaban J connectivity index is 1.61. The lowest BCUT2D eigenvalue weighted by molar-refractivity contribution is 0.158. The predicted octanol–water partition coefficient (Wildman–Crippen LogP) is 3.19. The lowest BCUT2D eigenvalue weighted by Crippen LogP contribution is -2.39. The minimum absolute atomic E-state index is 0.391. The van der Waals surface area contributed by atoms with Crippen LogP contribution in [0.25, 0.3) is 0 Å². The number of furan rings is 1. The van der Waals surface area contributed by atoms with Gasteiger partial charge in [0.1, 0.15) is 0 Å². The van der Waals surface area contributed by atoms with Crippen LogP contribution in [0, 0.1) is 0 Å². The highest BCUT2D eigenvalue weighted by atomic mass is 16.3. The lowest BCUT2D eigenvalue weighted by Gasteiger charge is -2.33. The maximum absolute atomic E-state index is 5.10. The van der Waals surface area contributed by atoms with Crippen LogP contribution in [0.4, 0.5) is 0 Å². The summed E-state index contributed by atoms with van der Waals surface area (Å²) in [6, 6.07) is 3.21. The SMILES string of the molecule is CC(NCCCN1CCCCC1C)c1ccoc1. The van der Waals surface area contributed by atoms with Crippen molar-refractivity contribution in [1.29, 1.82) is 0 Å². The van der Waals surface area contributed by atoms with Crippen molar-refractivity contribution in [3.8, 4) is 0 Å². The van der Waals surface area contributed by atoms with Crippen molar-refractivity contribution in [2.45, 2.75) is 51.6 Å². The van der Waals surface area contributed by atoms with E-state index >= 15 is 0 Å². The summed E-state index contributed by atoms with van der Waals surface area (Å²) in [7, 11) is 0. The summed E-state index contributed by atoms with van der Waals surface area (Å²) < 4.78 is 5.10.